The summed E-state index contributed by atoms with van der Waals surface area (Å²) < 4.78 is 0. The number of carbonyl (C=O) groups excluding carboxylic acids is 1. The molecular weight excluding hydrogens is 216 g/mol. The lowest BCUT2D eigenvalue weighted by Crippen LogP contribution is -2.33. The lowest BCUT2D eigenvalue weighted by molar-refractivity contribution is -0.119. The van der Waals surface area contributed by atoms with Crippen molar-refractivity contribution in [3.63, 3.8) is 0 Å². The molecule has 0 aliphatic rings. The number of primary amides is 1. The quantitative estimate of drug-likeness (QED) is 0.735. The Hall–Kier alpha value is -1.62. The Bertz CT molecular complexity index is 367. The molecule has 1 aromatic heterocycles. The molecule has 0 fully saturated rings. The highest BCUT2D eigenvalue weighted by molar-refractivity contribution is 5.75. The molecule has 3 N–H and O–H groups in total. The van der Waals surface area contributed by atoms with E-state index in [0.717, 1.165) is 24.5 Å². The number of amides is 1. The van der Waals surface area contributed by atoms with Gasteiger partial charge >= 0.3 is 0 Å². The van der Waals surface area contributed by atoms with E-state index in [4.69, 9.17) is 5.73 Å². The molecular formula is C12H20N4O. The summed E-state index contributed by atoms with van der Waals surface area (Å²) in [5, 5.41) is 3.20. The summed E-state index contributed by atoms with van der Waals surface area (Å²) in [5.74, 6) is 0.568. The zero-order valence-electron chi connectivity index (χ0n) is 10.4. The number of carbonyl (C=O) groups is 1. The van der Waals surface area contributed by atoms with E-state index in [9.17, 15) is 4.79 Å². The van der Waals surface area contributed by atoms with Crippen LogP contribution in [-0.4, -0.2) is 35.4 Å². The second kappa shape index (κ2) is 6.85. The molecule has 0 saturated carbocycles. The molecule has 17 heavy (non-hydrogen) atoms. The van der Waals surface area contributed by atoms with Crippen LogP contribution >= 0.6 is 0 Å². The summed E-state index contributed by atoms with van der Waals surface area (Å²) in [6, 6.07) is 3.91. The standard InChI is InChI=1S/C12H20N4O/c1-3-14-12-10(6-5-7-15-12)8-16(4-2)9-11(13)17/h5-7H,3-4,8-9H2,1-2H3,(H2,13,17)(H,14,15). The van der Waals surface area contributed by atoms with E-state index in [2.05, 4.69) is 10.3 Å². The normalized spacial score (nSPS) is 10.5. The Balaban J connectivity index is 2.74. The van der Waals surface area contributed by atoms with Crippen LogP contribution in [0, 0.1) is 0 Å². The fourth-order valence-electron chi connectivity index (χ4n) is 1.63. The van der Waals surface area contributed by atoms with Gasteiger partial charge in [0.05, 0.1) is 6.54 Å². The summed E-state index contributed by atoms with van der Waals surface area (Å²) in [5.41, 5.74) is 6.29. The predicted molar refractivity (Wildman–Crippen MR) is 68.5 cm³/mol. The monoisotopic (exact) mass is 236 g/mol. The van der Waals surface area contributed by atoms with Crippen molar-refractivity contribution in [3.05, 3.63) is 23.9 Å². The maximum Gasteiger partial charge on any atom is 0.231 e. The number of nitrogens with two attached hydrogens (primary N) is 1. The van der Waals surface area contributed by atoms with Crippen LogP contribution in [0.4, 0.5) is 5.82 Å². The molecule has 0 aromatic carbocycles. The van der Waals surface area contributed by atoms with Crippen molar-refractivity contribution in [2.24, 2.45) is 5.73 Å². The van der Waals surface area contributed by atoms with Crippen molar-refractivity contribution in [1.29, 1.82) is 0 Å². The number of nitrogens with zero attached hydrogens (tertiary/aromatic N) is 2. The largest absolute Gasteiger partial charge is 0.370 e. The van der Waals surface area contributed by atoms with Crippen LogP contribution in [0.2, 0.25) is 0 Å². The van der Waals surface area contributed by atoms with Gasteiger partial charge in [0.15, 0.2) is 0 Å². The summed E-state index contributed by atoms with van der Waals surface area (Å²) in [4.78, 5) is 17.2. The number of rotatable bonds is 7. The smallest absolute Gasteiger partial charge is 0.231 e. The average molecular weight is 236 g/mol. The average Bonchev–Trinajstić information content (AvgIpc) is 2.30. The topological polar surface area (TPSA) is 71.2 Å². The van der Waals surface area contributed by atoms with Crippen LogP contribution in [0.3, 0.4) is 0 Å². The Morgan fingerprint density at radius 3 is 2.88 bits per heavy atom. The molecule has 0 aliphatic carbocycles. The molecule has 0 atom stereocenters. The van der Waals surface area contributed by atoms with Gasteiger partial charge in [-0.2, -0.15) is 0 Å². The zero-order valence-corrected chi connectivity index (χ0v) is 10.4. The van der Waals surface area contributed by atoms with Crippen molar-refractivity contribution < 1.29 is 4.79 Å². The zero-order chi connectivity index (χ0) is 12.7. The molecule has 5 heteroatoms. The number of anilines is 1. The Morgan fingerprint density at radius 2 is 2.29 bits per heavy atom. The summed E-state index contributed by atoms with van der Waals surface area (Å²) in [6.07, 6.45) is 1.76. The van der Waals surface area contributed by atoms with Gasteiger partial charge in [-0.3, -0.25) is 9.69 Å². The third-order valence-corrected chi connectivity index (χ3v) is 2.46. The number of nitrogens with one attached hydrogen (secondary N) is 1. The number of pyridine rings is 1. The molecule has 94 valence electrons. The molecule has 0 unspecified atom stereocenters. The summed E-state index contributed by atoms with van der Waals surface area (Å²) in [6.45, 7) is 6.59. The van der Waals surface area contributed by atoms with E-state index < -0.39 is 0 Å². The molecule has 1 amide bonds. The van der Waals surface area contributed by atoms with Crippen LogP contribution in [0.15, 0.2) is 18.3 Å². The van der Waals surface area contributed by atoms with E-state index >= 15 is 0 Å². The van der Waals surface area contributed by atoms with Gasteiger partial charge in [0.2, 0.25) is 5.91 Å². The van der Waals surface area contributed by atoms with Gasteiger partial charge in [-0.05, 0) is 19.5 Å². The Labute approximate surface area is 102 Å². The fourth-order valence-corrected chi connectivity index (χ4v) is 1.63. The van der Waals surface area contributed by atoms with Gasteiger partial charge < -0.3 is 11.1 Å². The highest BCUT2D eigenvalue weighted by atomic mass is 16.1. The van der Waals surface area contributed by atoms with E-state index in [1.54, 1.807) is 6.20 Å². The van der Waals surface area contributed by atoms with Crippen LogP contribution in [0.1, 0.15) is 19.4 Å². The van der Waals surface area contributed by atoms with E-state index in [1.165, 1.54) is 0 Å². The van der Waals surface area contributed by atoms with Gasteiger partial charge in [0.25, 0.3) is 0 Å². The first-order valence-electron chi connectivity index (χ1n) is 5.85. The second-order valence-electron chi connectivity index (χ2n) is 3.81. The second-order valence-corrected chi connectivity index (χ2v) is 3.81. The molecule has 0 spiro atoms. The summed E-state index contributed by atoms with van der Waals surface area (Å²) in [7, 11) is 0. The van der Waals surface area contributed by atoms with Crippen molar-refractivity contribution in [1.82, 2.24) is 9.88 Å². The van der Waals surface area contributed by atoms with Gasteiger partial charge in [-0.1, -0.05) is 13.0 Å². The van der Waals surface area contributed by atoms with Gasteiger partial charge in [-0.15, -0.1) is 0 Å². The maximum atomic E-state index is 10.9. The Morgan fingerprint density at radius 1 is 1.53 bits per heavy atom. The minimum atomic E-state index is -0.305. The van der Waals surface area contributed by atoms with Crippen molar-refractivity contribution in [2.75, 3.05) is 25.0 Å². The van der Waals surface area contributed by atoms with E-state index in [0.29, 0.717) is 6.54 Å². The molecule has 1 aromatic rings. The number of hydrogen-bond acceptors (Lipinski definition) is 4. The highest BCUT2D eigenvalue weighted by Crippen LogP contribution is 2.13. The fraction of sp³-hybridized carbons (Fsp3) is 0.500. The first kappa shape index (κ1) is 13.4. The van der Waals surface area contributed by atoms with E-state index in [-0.39, 0.29) is 12.5 Å². The molecule has 1 heterocycles. The molecule has 5 nitrogen and oxygen atoms in total. The minimum Gasteiger partial charge on any atom is -0.370 e. The van der Waals surface area contributed by atoms with Crippen molar-refractivity contribution in [2.45, 2.75) is 20.4 Å². The molecule has 0 aliphatic heterocycles. The van der Waals surface area contributed by atoms with E-state index in [1.807, 2.05) is 30.9 Å². The number of likely N-dealkylation sites (N-methyl/N-ethyl adjacent to an activating group) is 1. The first-order chi connectivity index (χ1) is 8.17. The SMILES string of the molecule is CCNc1ncccc1CN(CC)CC(N)=O. The molecule has 0 saturated heterocycles. The maximum absolute atomic E-state index is 10.9. The summed E-state index contributed by atoms with van der Waals surface area (Å²) >= 11 is 0. The number of hydrogen-bond donors (Lipinski definition) is 2. The lowest BCUT2D eigenvalue weighted by atomic mass is 10.2. The third kappa shape index (κ3) is 4.40. The third-order valence-electron chi connectivity index (χ3n) is 2.46. The molecule has 0 radical (unpaired) electrons. The van der Waals surface area contributed by atoms with Crippen LogP contribution < -0.4 is 11.1 Å². The predicted octanol–water partition coefficient (Wildman–Crippen LogP) is 0.821. The van der Waals surface area contributed by atoms with Crippen molar-refractivity contribution >= 4 is 11.7 Å². The van der Waals surface area contributed by atoms with Gasteiger partial charge in [0.1, 0.15) is 5.82 Å². The molecule has 1 rings (SSSR count). The van der Waals surface area contributed by atoms with Gasteiger partial charge in [-0.25, -0.2) is 4.98 Å². The van der Waals surface area contributed by atoms with Gasteiger partial charge in [0, 0.05) is 24.8 Å². The van der Waals surface area contributed by atoms with Crippen LogP contribution in [0.25, 0.3) is 0 Å². The van der Waals surface area contributed by atoms with Crippen molar-refractivity contribution in [3.8, 4) is 0 Å². The first-order valence-corrected chi connectivity index (χ1v) is 5.85. The Kier molecular flexibility index (Phi) is 5.42. The minimum absolute atomic E-state index is 0.275. The number of aromatic nitrogens is 1. The van der Waals surface area contributed by atoms with Crippen LogP contribution in [0.5, 0.6) is 0 Å². The van der Waals surface area contributed by atoms with Crippen LogP contribution in [-0.2, 0) is 11.3 Å². The molecule has 0 bridgehead atoms. The highest BCUT2D eigenvalue weighted by Gasteiger charge is 2.09. The lowest BCUT2D eigenvalue weighted by Gasteiger charge is -2.20.